The van der Waals surface area contributed by atoms with E-state index in [1.165, 1.54) is 31.3 Å². The molecule has 1 amide bonds. The second kappa shape index (κ2) is 9.31. The van der Waals surface area contributed by atoms with Crippen molar-refractivity contribution in [3.8, 4) is 5.69 Å². The van der Waals surface area contributed by atoms with Crippen molar-refractivity contribution < 1.29 is 26.4 Å². The summed E-state index contributed by atoms with van der Waals surface area (Å²) in [5.74, 6) is -1.16. The maximum Gasteiger partial charge on any atom is 0.434 e. The maximum atomic E-state index is 13.7. The van der Waals surface area contributed by atoms with E-state index in [2.05, 4.69) is 15.1 Å². The monoisotopic (exact) mass is 486 g/mol. The van der Waals surface area contributed by atoms with Crippen molar-refractivity contribution in [2.75, 3.05) is 7.05 Å². The third-order valence-electron chi connectivity index (χ3n) is 4.50. The van der Waals surface area contributed by atoms with Gasteiger partial charge in [0.2, 0.25) is 10.0 Å². The van der Waals surface area contributed by atoms with Crippen molar-refractivity contribution >= 4 is 27.5 Å². The van der Waals surface area contributed by atoms with E-state index in [1.807, 2.05) is 0 Å². The Hall–Kier alpha value is -2.89. The Morgan fingerprint density at radius 3 is 2.22 bits per heavy atom. The van der Waals surface area contributed by atoms with Crippen LogP contribution in [-0.2, 0) is 28.5 Å². The predicted octanol–water partition coefficient (Wildman–Crippen LogP) is 3.52. The van der Waals surface area contributed by atoms with Crippen molar-refractivity contribution in [1.29, 1.82) is 0 Å². The topological polar surface area (TPSA) is 93.1 Å². The first-order valence-electron chi connectivity index (χ1n) is 9.18. The van der Waals surface area contributed by atoms with E-state index in [1.54, 1.807) is 24.3 Å². The molecule has 0 bridgehead atoms. The average Bonchev–Trinajstić information content (AvgIpc) is 3.19. The van der Waals surface area contributed by atoms with E-state index in [0.29, 0.717) is 20.8 Å². The summed E-state index contributed by atoms with van der Waals surface area (Å²) in [6.07, 6.45) is -3.97. The quantitative estimate of drug-likeness (QED) is 0.534. The van der Waals surface area contributed by atoms with E-state index in [0.717, 1.165) is 6.20 Å². The number of carbonyl (C=O) groups excluding carboxylic acids is 1. The molecule has 3 aromatic rings. The highest BCUT2D eigenvalue weighted by Gasteiger charge is 2.40. The maximum absolute atomic E-state index is 13.7. The van der Waals surface area contributed by atoms with Crippen LogP contribution in [0.1, 0.15) is 27.2 Å². The number of hydrogen-bond acceptors (Lipinski definition) is 4. The third kappa shape index (κ3) is 5.67. The van der Waals surface area contributed by atoms with Crippen LogP contribution in [0.5, 0.6) is 0 Å². The standard InChI is InChI=1S/C20H18ClF3N4O3S/c1-25-32(30,31)12-14-4-2-13(3-5-14)10-26-19(29)17-11-27-28(18(17)20(22,23)24)16-8-6-15(21)7-9-16/h2-9,11,25H,10,12H2,1H3,(H,26,29). The number of nitrogens with zero attached hydrogens (tertiary/aromatic N) is 2. The number of carbonyl (C=O) groups is 1. The fourth-order valence-corrected chi connectivity index (χ4v) is 3.79. The van der Waals surface area contributed by atoms with Gasteiger partial charge < -0.3 is 5.32 Å². The van der Waals surface area contributed by atoms with E-state index in [9.17, 15) is 26.4 Å². The van der Waals surface area contributed by atoms with Crippen molar-refractivity contribution in [3.63, 3.8) is 0 Å². The molecule has 1 heterocycles. The summed E-state index contributed by atoms with van der Waals surface area (Å²) < 4.78 is 67.2. The molecule has 3 rings (SSSR count). The molecule has 0 atom stereocenters. The predicted molar refractivity (Wildman–Crippen MR) is 113 cm³/mol. The van der Waals surface area contributed by atoms with Gasteiger partial charge in [0.25, 0.3) is 5.91 Å². The van der Waals surface area contributed by atoms with Gasteiger partial charge in [-0.2, -0.15) is 18.3 Å². The largest absolute Gasteiger partial charge is 0.434 e. The zero-order valence-electron chi connectivity index (χ0n) is 16.6. The number of benzene rings is 2. The van der Waals surface area contributed by atoms with E-state index in [4.69, 9.17) is 11.6 Å². The van der Waals surface area contributed by atoms with Crippen LogP contribution >= 0.6 is 11.6 Å². The molecular weight excluding hydrogens is 469 g/mol. The van der Waals surface area contributed by atoms with Crippen LogP contribution in [0.15, 0.2) is 54.7 Å². The van der Waals surface area contributed by atoms with Gasteiger partial charge >= 0.3 is 6.18 Å². The molecule has 7 nitrogen and oxygen atoms in total. The van der Waals surface area contributed by atoms with Gasteiger partial charge in [0.1, 0.15) is 0 Å². The van der Waals surface area contributed by atoms with Gasteiger partial charge in [0, 0.05) is 11.6 Å². The smallest absolute Gasteiger partial charge is 0.348 e. The first-order valence-corrected chi connectivity index (χ1v) is 11.2. The Kier molecular flexibility index (Phi) is 6.91. The molecule has 2 aromatic carbocycles. The summed E-state index contributed by atoms with van der Waals surface area (Å²) in [6.45, 7) is -0.0543. The second-order valence-electron chi connectivity index (χ2n) is 6.76. The summed E-state index contributed by atoms with van der Waals surface area (Å²) in [7, 11) is -2.12. The first kappa shape index (κ1) is 23.8. The SMILES string of the molecule is CNS(=O)(=O)Cc1ccc(CNC(=O)c2cnn(-c3ccc(Cl)cc3)c2C(F)(F)F)cc1. The number of halogens is 4. The van der Waals surface area contributed by atoms with Gasteiger partial charge in [-0.05, 0) is 42.4 Å². The zero-order chi connectivity index (χ0) is 23.5. The van der Waals surface area contributed by atoms with Crippen LogP contribution in [0.2, 0.25) is 5.02 Å². The Morgan fingerprint density at radius 2 is 1.66 bits per heavy atom. The fraction of sp³-hybridized carbons (Fsp3) is 0.200. The van der Waals surface area contributed by atoms with Gasteiger partial charge in [0.15, 0.2) is 5.69 Å². The zero-order valence-corrected chi connectivity index (χ0v) is 18.2. The van der Waals surface area contributed by atoms with Crippen LogP contribution in [-0.4, -0.2) is 31.2 Å². The molecule has 2 N–H and O–H groups in total. The Bertz CT molecular complexity index is 1210. The summed E-state index contributed by atoms with van der Waals surface area (Å²) >= 11 is 5.78. The number of nitrogens with one attached hydrogen (secondary N) is 2. The molecule has 0 aliphatic rings. The Morgan fingerprint density at radius 1 is 1.06 bits per heavy atom. The highest BCUT2D eigenvalue weighted by Crippen LogP contribution is 2.33. The molecule has 0 saturated carbocycles. The number of hydrogen-bond donors (Lipinski definition) is 2. The molecule has 32 heavy (non-hydrogen) atoms. The van der Waals surface area contributed by atoms with E-state index in [-0.39, 0.29) is 18.0 Å². The van der Waals surface area contributed by atoms with Crippen LogP contribution < -0.4 is 10.0 Å². The van der Waals surface area contributed by atoms with Crippen molar-refractivity contribution in [2.24, 2.45) is 0 Å². The molecule has 0 saturated heterocycles. The molecule has 0 unspecified atom stereocenters. The highest BCUT2D eigenvalue weighted by molar-refractivity contribution is 7.88. The minimum absolute atomic E-state index is 0.0543. The van der Waals surface area contributed by atoms with Gasteiger partial charge in [-0.1, -0.05) is 35.9 Å². The minimum Gasteiger partial charge on any atom is -0.348 e. The normalized spacial score (nSPS) is 12.0. The molecule has 0 aliphatic heterocycles. The third-order valence-corrected chi connectivity index (χ3v) is 6.08. The van der Waals surface area contributed by atoms with E-state index >= 15 is 0 Å². The van der Waals surface area contributed by atoms with Crippen molar-refractivity contribution in [3.05, 3.63) is 82.1 Å². The molecule has 12 heteroatoms. The van der Waals surface area contributed by atoms with Crippen LogP contribution in [0.4, 0.5) is 13.2 Å². The minimum atomic E-state index is -4.83. The Balaban J connectivity index is 1.77. The molecule has 1 aromatic heterocycles. The van der Waals surface area contributed by atoms with Crippen LogP contribution in [0, 0.1) is 0 Å². The lowest BCUT2D eigenvalue weighted by molar-refractivity contribution is -0.143. The van der Waals surface area contributed by atoms with Gasteiger partial charge in [-0.15, -0.1) is 0 Å². The van der Waals surface area contributed by atoms with E-state index < -0.39 is 33.4 Å². The summed E-state index contributed by atoms with van der Waals surface area (Å²) in [4.78, 5) is 12.5. The Labute approximate surface area is 187 Å². The lowest BCUT2D eigenvalue weighted by atomic mass is 10.1. The molecular formula is C20H18ClF3N4O3S. The molecule has 0 aliphatic carbocycles. The summed E-state index contributed by atoms with van der Waals surface area (Å²) in [5, 5.41) is 6.53. The highest BCUT2D eigenvalue weighted by atomic mass is 35.5. The molecule has 0 spiro atoms. The lowest BCUT2D eigenvalue weighted by Crippen LogP contribution is -2.26. The second-order valence-corrected chi connectivity index (χ2v) is 9.12. The van der Waals surface area contributed by atoms with Crippen LogP contribution in [0.3, 0.4) is 0 Å². The van der Waals surface area contributed by atoms with Gasteiger partial charge in [-0.3, -0.25) is 4.79 Å². The van der Waals surface area contributed by atoms with Gasteiger partial charge in [-0.25, -0.2) is 17.8 Å². The number of alkyl halides is 3. The lowest BCUT2D eigenvalue weighted by Gasteiger charge is -2.13. The molecule has 0 fully saturated rings. The number of amides is 1. The molecule has 0 radical (unpaired) electrons. The first-order chi connectivity index (χ1) is 15.0. The average molecular weight is 487 g/mol. The van der Waals surface area contributed by atoms with Gasteiger partial charge in [0.05, 0.1) is 23.2 Å². The van der Waals surface area contributed by atoms with Crippen molar-refractivity contribution in [1.82, 2.24) is 19.8 Å². The summed E-state index contributed by atoms with van der Waals surface area (Å²) in [6, 6.07) is 11.9. The van der Waals surface area contributed by atoms with Crippen molar-refractivity contribution in [2.45, 2.75) is 18.5 Å². The van der Waals surface area contributed by atoms with Crippen LogP contribution in [0.25, 0.3) is 5.69 Å². The number of aromatic nitrogens is 2. The number of rotatable bonds is 7. The molecule has 170 valence electrons. The summed E-state index contributed by atoms with van der Waals surface area (Å²) in [5.41, 5.74) is -0.609. The number of sulfonamides is 1. The fourth-order valence-electron chi connectivity index (χ4n) is 2.89.